The average Bonchev–Trinajstić information content (AvgIpc) is 2.63. The average molecular weight is 191 g/mol. The maximum absolute atomic E-state index is 10.7. The molecule has 0 aliphatic carbocycles. The van der Waals surface area contributed by atoms with E-state index < -0.39 is 12.0 Å². The third-order valence-electron chi connectivity index (χ3n) is 2.04. The minimum Gasteiger partial charge on any atom is -0.480 e. The zero-order valence-electron chi connectivity index (χ0n) is 7.29. The van der Waals surface area contributed by atoms with E-state index in [1.807, 2.05) is 6.07 Å². The predicted octanol–water partition coefficient (Wildman–Crippen LogP) is 0.419. The van der Waals surface area contributed by atoms with E-state index in [2.05, 4.69) is 5.10 Å². The van der Waals surface area contributed by atoms with Gasteiger partial charge in [-0.1, -0.05) is 6.07 Å². The lowest BCUT2D eigenvalue weighted by Gasteiger charge is -2.08. The Morgan fingerprint density at radius 1 is 1.50 bits per heavy atom. The van der Waals surface area contributed by atoms with Crippen LogP contribution in [0.1, 0.15) is 11.7 Å². The minimum absolute atomic E-state index is 0.472. The van der Waals surface area contributed by atoms with Crippen LogP contribution in [0.15, 0.2) is 30.5 Å². The maximum Gasteiger partial charge on any atom is 0.326 e. The highest BCUT2D eigenvalue weighted by molar-refractivity contribution is 5.75. The second-order valence-electron chi connectivity index (χ2n) is 2.93. The number of carboxylic acids is 1. The Morgan fingerprint density at radius 2 is 2.29 bits per heavy atom. The molecule has 0 saturated heterocycles. The van der Waals surface area contributed by atoms with Crippen molar-refractivity contribution >= 4 is 11.5 Å². The molecule has 0 saturated carbocycles. The molecule has 1 unspecified atom stereocenters. The number of hydrogen-bond donors (Lipinski definition) is 2. The van der Waals surface area contributed by atoms with Crippen molar-refractivity contribution in [2.24, 2.45) is 5.73 Å². The fourth-order valence-corrected chi connectivity index (χ4v) is 1.33. The smallest absolute Gasteiger partial charge is 0.326 e. The molecular weight excluding hydrogens is 182 g/mol. The van der Waals surface area contributed by atoms with Crippen LogP contribution in [0, 0.1) is 0 Å². The second kappa shape index (κ2) is 3.12. The number of pyridine rings is 1. The van der Waals surface area contributed by atoms with Gasteiger partial charge in [0.05, 0.1) is 11.2 Å². The lowest BCUT2D eigenvalue weighted by atomic mass is 10.2. The van der Waals surface area contributed by atoms with Gasteiger partial charge in [-0.3, -0.25) is 4.79 Å². The first-order chi connectivity index (χ1) is 6.70. The van der Waals surface area contributed by atoms with Gasteiger partial charge < -0.3 is 10.8 Å². The van der Waals surface area contributed by atoms with E-state index in [1.54, 1.807) is 24.4 Å². The standard InChI is InChI=1S/C9H9N3O2/c10-8(9(13)14)7-3-1-2-6-4-5-11-12(6)7/h1-5,8H,10H2,(H,13,14). The van der Waals surface area contributed by atoms with Gasteiger partial charge in [0.15, 0.2) is 0 Å². The molecule has 1 atom stereocenters. The van der Waals surface area contributed by atoms with Crippen molar-refractivity contribution in [3.63, 3.8) is 0 Å². The molecule has 14 heavy (non-hydrogen) atoms. The van der Waals surface area contributed by atoms with E-state index in [-0.39, 0.29) is 0 Å². The van der Waals surface area contributed by atoms with Crippen molar-refractivity contribution < 1.29 is 9.90 Å². The van der Waals surface area contributed by atoms with Crippen LogP contribution in [0.25, 0.3) is 5.52 Å². The zero-order chi connectivity index (χ0) is 10.1. The summed E-state index contributed by atoms with van der Waals surface area (Å²) in [7, 11) is 0. The summed E-state index contributed by atoms with van der Waals surface area (Å²) in [6.45, 7) is 0. The fourth-order valence-electron chi connectivity index (χ4n) is 1.33. The molecule has 0 aromatic carbocycles. The van der Waals surface area contributed by atoms with Crippen molar-refractivity contribution in [3.8, 4) is 0 Å². The normalized spacial score (nSPS) is 12.9. The molecule has 2 rings (SSSR count). The topological polar surface area (TPSA) is 80.6 Å². The number of aliphatic carboxylic acids is 1. The monoisotopic (exact) mass is 191 g/mol. The van der Waals surface area contributed by atoms with Gasteiger partial charge in [0.2, 0.25) is 0 Å². The van der Waals surface area contributed by atoms with Crippen molar-refractivity contribution in [1.82, 2.24) is 9.61 Å². The van der Waals surface area contributed by atoms with Gasteiger partial charge in [-0.05, 0) is 18.2 Å². The second-order valence-corrected chi connectivity index (χ2v) is 2.93. The molecule has 0 aliphatic rings. The van der Waals surface area contributed by atoms with Gasteiger partial charge in [-0.2, -0.15) is 5.10 Å². The van der Waals surface area contributed by atoms with Gasteiger partial charge in [-0.15, -0.1) is 0 Å². The summed E-state index contributed by atoms with van der Waals surface area (Å²) in [4.78, 5) is 10.7. The number of carbonyl (C=O) groups is 1. The Bertz CT molecular complexity index is 478. The molecular formula is C9H9N3O2. The first-order valence-corrected chi connectivity index (χ1v) is 4.11. The molecule has 2 heterocycles. The lowest BCUT2D eigenvalue weighted by Crippen LogP contribution is -2.23. The minimum atomic E-state index is -1.06. The van der Waals surface area contributed by atoms with E-state index in [9.17, 15) is 4.79 Å². The van der Waals surface area contributed by atoms with E-state index in [0.29, 0.717) is 5.69 Å². The molecule has 2 aromatic rings. The third kappa shape index (κ3) is 1.23. The number of rotatable bonds is 2. The molecule has 0 aliphatic heterocycles. The van der Waals surface area contributed by atoms with Gasteiger partial charge in [0.1, 0.15) is 6.04 Å². The number of nitrogens with zero attached hydrogens (tertiary/aromatic N) is 2. The molecule has 0 radical (unpaired) electrons. The van der Waals surface area contributed by atoms with Gasteiger partial charge in [0.25, 0.3) is 0 Å². The summed E-state index contributed by atoms with van der Waals surface area (Å²) >= 11 is 0. The van der Waals surface area contributed by atoms with Crippen LogP contribution >= 0.6 is 0 Å². The zero-order valence-corrected chi connectivity index (χ0v) is 7.29. The molecule has 3 N–H and O–H groups in total. The summed E-state index contributed by atoms with van der Waals surface area (Å²) in [5.74, 6) is -1.06. The number of fused-ring (bicyclic) bond motifs is 1. The molecule has 72 valence electrons. The SMILES string of the molecule is NC(C(=O)O)c1cccc2ccnn12. The third-order valence-corrected chi connectivity index (χ3v) is 2.04. The molecule has 0 spiro atoms. The molecule has 5 nitrogen and oxygen atoms in total. The van der Waals surface area contributed by atoms with Crippen LogP contribution in [0.3, 0.4) is 0 Å². The van der Waals surface area contributed by atoms with Crippen LogP contribution in [-0.2, 0) is 4.79 Å². The molecule has 0 amide bonds. The Morgan fingerprint density at radius 3 is 3.00 bits per heavy atom. The highest BCUT2D eigenvalue weighted by Gasteiger charge is 2.17. The summed E-state index contributed by atoms with van der Waals surface area (Å²) in [5, 5.41) is 12.8. The summed E-state index contributed by atoms with van der Waals surface area (Å²) < 4.78 is 1.53. The van der Waals surface area contributed by atoms with E-state index in [1.165, 1.54) is 4.52 Å². The highest BCUT2D eigenvalue weighted by atomic mass is 16.4. The number of aromatic nitrogens is 2. The van der Waals surface area contributed by atoms with Crippen LogP contribution in [0.2, 0.25) is 0 Å². The lowest BCUT2D eigenvalue weighted by molar-refractivity contribution is -0.138. The number of carboxylic acid groups (broad SMARTS) is 1. The largest absolute Gasteiger partial charge is 0.480 e. The summed E-state index contributed by atoms with van der Waals surface area (Å²) in [6, 6.07) is 6.00. The highest BCUT2D eigenvalue weighted by Crippen LogP contribution is 2.12. The first kappa shape index (κ1) is 8.71. The van der Waals surface area contributed by atoms with Gasteiger partial charge in [-0.25, -0.2) is 4.52 Å². The first-order valence-electron chi connectivity index (χ1n) is 4.11. The Balaban J connectivity index is 2.61. The molecule has 0 fully saturated rings. The molecule has 5 heteroatoms. The predicted molar refractivity (Wildman–Crippen MR) is 49.8 cm³/mol. The van der Waals surface area contributed by atoms with E-state index >= 15 is 0 Å². The molecule has 2 aromatic heterocycles. The van der Waals surface area contributed by atoms with Crippen LogP contribution in [0.4, 0.5) is 0 Å². The van der Waals surface area contributed by atoms with Crippen molar-refractivity contribution in [3.05, 3.63) is 36.2 Å². The number of hydrogen-bond acceptors (Lipinski definition) is 3. The van der Waals surface area contributed by atoms with Crippen molar-refractivity contribution in [1.29, 1.82) is 0 Å². The van der Waals surface area contributed by atoms with Crippen LogP contribution in [-0.4, -0.2) is 20.7 Å². The van der Waals surface area contributed by atoms with Gasteiger partial charge >= 0.3 is 5.97 Å². The fraction of sp³-hybridized carbons (Fsp3) is 0.111. The van der Waals surface area contributed by atoms with Gasteiger partial charge in [0, 0.05) is 6.20 Å². The maximum atomic E-state index is 10.7. The summed E-state index contributed by atoms with van der Waals surface area (Å²) in [5.41, 5.74) is 6.81. The van der Waals surface area contributed by atoms with E-state index in [0.717, 1.165) is 5.52 Å². The Hall–Kier alpha value is -1.88. The quantitative estimate of drug-likeness (QED) is 0.720. The van der Waals surface area contributed by atoms with Crippen LogP contribution in [0.5, 0.6) is 0 Å². The van der Waals surface area contributed by atoms with Crippen molar-refractivity contribution in [2.45, 2.75) is 6.04 Å². The van der Waals surface area contributed by atoms with Crippen molar-refractivity contribution in [2.75, 3.05) is 0 Å². The molecule has 0 bridgehead atoms. The van der Waals surface area contributed by atoms with Crippen LogP contribution < -0.4 is 5.73 Å². The Labute approximate surface area is 79.8 Å². The number of nitrogens with two attached hydrogens (primary N) is 1. The van der Waals surface area contributed by atoms with E-state index in [4.69, 9.17) is 10.8 Å². The summed E-state index contributed by atoms with van der Waals surface area (Å²) in [6.07, 6.45) is 1.60. The Kier molecular flexibility index (Phi) is 1.94.